The molecule has 0 amide bonds. The fourth-order valence-corrected chi connectivity index (χ4v) is 0.384. The quantitative estimate of drug-likeness (QED) is 0.304. The average Bonchev–Trinajstić information content (AvgIpc) is 1.97. The molecule has 0 saturated carbocycles. The first-order valence-corrected chi connectivity index (χ1v) is 4.18. The number of quaternary nitrogens is 1. The highest BCUT2D eigenvalue weighted by molar-refractivity contribution is 5.86. The van der Waals surface area contributed by atoms with Gasteiger partial charge in [0, 0.05) is 12.5 Å². The fraction of sp³-hybridized carbons (Fsp3) is 0.667. The smallest absolute Gasteiger partial charge is 0.351 e. The zero-order valence-corrected chi connectivity index (χ0v) is 9.05. The molecule has 0 fully saturated rings. The van der Waals surface area contributed by atoms with Crippen molar-refractivity contribution >= 4 is 5.97 Å². The molecule has 0 bridgehead atoms. The number of carbonyl (C=O) groups excluding carboxylic acids is 1. The molecule has 1 N–H and O–H groups in total. The van der Waals surface area contributed by atoms with Crippen molar-refractivity contribution in [2.24, 2.45) is 0 Å². The summed E-state index contributed by atoms with van der Waals surface area (Å²) in [5, 5.41) is 0. The zero-order valence-electron chi connectivity index (χ0n) is 9.05. The molecule has 0 aliphatic heterocycles. The van der Waals surface area contributed by atoms with Crippen LogP contribution in [-0.4, -0.2) is 37.8 Å². The molecule has 0 heterocycles. The first-order valence-electron chi connectivity index (χ1n) is 4.18. The first kappa shape index (κ1) is 12.1. The number of hydrogen-bond acceptors (Lipinski definition) is 3. The molecule has 1 unspecified atom stereocenters. The van der Waals surface area contributed by atoms with Crippen molar-refractivity contribution in [3.05, 3.63) is 12.2 Å². The molecule has 4 heteroatoms. The van der Waals surface area contributed by atoms with Gasteiger partial charge in [-0.05, 0) is 6.92 Å². The molecule has 0 aromatic heterocycles. The van der Waals surface area contributed by atoms with E-state index in [1.165, 1.54) is 0 Å². The van der Waals surface area contributed by atoms with Crippen LogP contribution in [0.15, 0.2) is 12.2 Å². The summed E-state index contributed by atoms with van der Waals surface area (Å²) in [5.41, 5.74) is 3.06. The van der Waals surface area contributed by atoms with Crippen LogP contribution in [0, 0.1) is 0 Å². The van der Waals surface area contributed by atoms with Crippen LogP contribution in [0.5, 0.6) is 0 Å². The van der Waals surface area contributed by atoms with Crippen molar-refractivity contribution in [3.63, 3.8) is 0 Å². The minimum absolute atomic E-state index is 0.0447. The van der Waals surface area contributed by atoms with Gasteiger partial charge in [0.05, 0.1) is 21.1 Å². The van der Waals surface area contributed by atoms with Crippen LogP contribution in [0.25, 0.3) is 0 Å². The Hall–Kier alpha value is -0.870. The molecule has 0 aliphatic rings. The Morgan fingerprint density at radius 3 is 2.23 bits per heavy atom. The first-order chi connectivity index (χ1) is 5.75. The Kier molecular flexibility index (Phi) is 4.10. The molecule has 0 spiro atoms. The Morgan fingerprint density at radius 1 is 1.46 bits per heavy atom. The normalized spacial score (nSPS) is 13.6. The van der Waals surface area contributed by atoms with Gasteiger partial charge in [-0.1, -0.05) is 12.1 Å². The predicted molar refractivity (Wildman–Crippen MR) is 51.5 cm³/mol. The van der Waals surface area contributed by atoms with Gasteiger partial charge in [-0.15, -0.1) is 0 Å². The average molecular weight is 187 g/mol. The second-order valence-corrected chi connectivity index (χ2v) is 4.08. The van der Waals surface area contributed by atoms with Crippen LogP contribution in [0.3, 0.4) is 0 Å². The van der Waals surface area contributed by atoms with E-state index < -0.39 is 5.97 Å². The van der Waals surface area contributed by atoms with Crippen molar-refractivity contribution in [2.45, 2.75) is 20.0 Å². The predicted octanol–water partition coefficient (Wildman–Crippen LogP) is 0.662. The highest BCUT2D eigenvalue weighted by Crippen LogP contribution is 1.98. The van der Waals surface area contributed by atoms with E-state index in [-0.39, 0.29) is 6.17 Å². The van der Waals surface area contributed by atoms with Crippen molar-refractivity contribution in [2.75, 3.05) is 21.1 Å². The van der Waals surface area contributed by atoms with Crippen LogP contribution < -0.4 is 5.48 Å². The molecule has 0 aliphatic carbocycles. The summed E-state index contributed by atoms with van der Waals surface area (Å²) in [5.74, 6) is -0.416. The van der Waals surface area contributed by atoms with Gasteiger partial charge in [0.15, 0.2) is 6.17 Å². The van der Waals surface area contributed by atoms with Gasteiger partial charge in [-0.3, -0.25) is 0 Å². The number of hydroxylamine groups is 1. The van der Waals surface area contributed by atoms with E-state index in [4.69, 9.17) is 4.84 Å². The molecular weight excluding hydrogens is 168 g/mol. The van der Waals surface area contributed by atoms with E-state index in [1.807, 2.05) is 28.1 Å². The summed E-state index contributed by atoms with van der Waals surface area (Å²) in [4.78, 5) is 15.8. The fourth-order valence-electron chi connectivity index (χ4n) is 0.384. The maximum atomic E-state index is 11.0. The van der Waals surface area contributed by atoms with Crippen LogP contribution in [0.4, 0.5) is 0 Å². The van der Waals surface area contributed by atoms with E-state index in [9.17, 15) is 4.79 Å². The SMILES string of the molecule is C=C(C)C(=O)ONC(C)[N+](C)(C)C. The van der Waals surface area contributed by atoms with Crippen LogP contribution in [0.1, 0.15) is 13.8 Å². The Balaban J connectivity index is 3.91. The summed E-state index contributed by atoms with van der Waals surface area (Å²) < 4.78 is 0.670. The van der Waals surface area contributed by atoms with E-state index in [1.54, 1.807) is 6.92 Å². The largest absolute Gasteiger partial charge is 0.362 e. The lowest BCUT2D eigenvalue weighted by Gasteiger charge is -2.30. The summed E-state index contributed by atoms with van der Waals surface area (Å²) >= 11 is 0. The lowest BCUT2D eigenvalue weighted by molar-refractivity contribution is -0.900. The second-order valence-electron chi connectivity index (χ2n) is 4.08. The monoisotopic (exact) mass is 187 g/mol. The highest BCUT2D eigenvalue weighted by Gasteiger charge is 2.19. The molecule has 0 saturated heterocycles. The Bertz CT molecular complexity index is 206. The molecule has 13 heavy (non-hydrogen) atoms. The number of nitrogens with one attached hydrogen (secondary N) is 1. The Labute approximate surface area is 79.7 Å². The Morgan fingerprint density at radius 2 is 1.92 bits per heavy atom. The second kappa shape index (κ2) is 4.39. The lowest BCUT2D eigenvalue weighted by Crippen LogP contribution is -2.52. The molecule has 0 aromatic rings. The number of carbonyl (C=O) groups is 1. The van der Waals surface area contributed by atoms with Gasteiger partial charge in [0.2, 0.25) is 0 Å². The van der Waals surface area contributed by atoms with Crippen LogP contribution >= 0.6 is 0 Å². The minimum atomic E-state index is -0.416. The lowest BCUT2D eigenvalue weighted by atomic mass is 10.4. The van der Waals surface area contributed by atoms with E-state index in [0.29, 0.717) is 10.1 Å². The van der Waals surface area contributed by atoms with E-state index >= 15 is 0 Å². The van der Waals surface area contributed by atoms with E-state index in [0.717, 1.165) is 0 Å². The van der Waals surface area contributed by atoms with Crippen LogP contribution in [0.2, 0.25) is 0 Å². The summed E-state index contributed by atoms with van der Waals surface area (Å²) in [6.07, 6.45) is 0.0447. The van der Waals surface area contributed by atoms with Gasteiger partial charge in [-0.2, -0.15) is 0 Å². The molecule has 0 rings (SSSR count). The van der Waals surface area contributed by atoms with Gasteiger partial charge < -0.3 is 9.32 Å². The molecular formula is C9H19N2O2+. The summed E-state index contributed by atoms with van der Waals surface area (Å²) in [6.45, 7) is 7.02. The summed E-state index contributed by atoms with van der Waals surface area (Å²) in [6, 6.07) is 0. The van der Waals surface area contributed by atoms with Gasteiger partial charge >= 0.3 is 5.97 Å². The number of hydrogen-bond donors (Lipinski definition) is 1. The number of rotatable bonds is 4. The van der Waals surface area contributed by atoms with Crippen LogP contribution in [-0.2, 0) is 9.63 Å². The molecule has 76 valence electrons. The topological polar surface area (TPSA) is 38.3 Å². The third kappa shape index (κ3) is 4.65. The van der Waals surface area contributed by atoms with Crippen molar-refractivity contribution < 1.29 is 14.1 Å². The third-order valence-electron chi connectivity index (χ3n) is 1.83. The van der Waals surface area contributed by atoms with Crippen molar-refractivity contribution in [1.29, 1.82) is 0 Å². The highest BCUT2D eigenvalue weighted by atomic mass is 16.7. The molecule has 0 aromatic carbocycles. The summed E-state index contributed by atoms with van der Waals surface area (Å²) in [7, 11) is 6.02. The van der Waals surface area contributed by atoms with Crippen molar-refractivity contribution in [3.8, 4) is 0 Å². The van der Waals surface area contributed by atoms with E-state index in [2.05, 4.69) is 12.1 Å². The van der Waals surface area contributed by atoms with Gasteiger partial charge in [0.1, 0.15) is 0 Å². The standard InChI is InChI=1S/C9H19N2O2/c1-7(2)9(12)13-10-8(3)11(4,5)6/h8,10H,1H2,2-6H3/q+1. The maximum absolute atomic E-state index is 11.0. The van der Waals surface area contributed by atoms with Crippen molar-refractivity contribution in [1.82, 2.24) is 5.48 Å². The third-order valence-corrected chi connectivity index (χ3v) is 1.83. The zero-order chi connectivity index (χ0) is 10.6. The molecule has 4 nitrogen and oxygen atoms in total. The van der Waals surface area contributed by atoms with Gasteiger partial charge in [-0.25, -0.2) is 4.79 Å². The molecule has 1 atom stereocenters. The maximum Gasteiger partial charge on any atom is 0.351 e. The van der Waals surface area contributed by atoms with Gasteiger partial charge in [0.25, 0.3) is 0 Å². The minimum Gasteiger partial charge on any atom is -0.362 e. The molecule has 0 radical (unpaired) electrons. The number of nitrogens with zero attached hydrogens (tertiary/aromatic N) is 1.